The molecule has 1 aliphatic heterocycles. The van der Waals surface area contributed by atoms with Crippen LogP contribution in [0.25, 0.3) is 5.69 Å². The molecule has 5 heteroatoms. The van der Waals surface area contributed by atoms with Gasteiger partial charge in [-0.25, -0.2) is 9.37 Å². The van der Waals surface area contributed by atoms with Gasteiger partial charge in [-0.1, -0.05) is 6.07 Å². The lowest BCUT2D eigenvalue weighted by Gasteiger charge is -2.24. The van der Waals surface area contributed by atoms with Crippen molar-refractivity contribution < 1.29 is 4.39 Å². The molecule has 0 amide bonds. The van der Waals surface area contributed by atoms with Crippen molar-refractivity contribution in [2.24, 2.45) is 0 Å². The number of benzene rings is 1. The minimum Gasteiger partial charge on any atom is -0.317 e. The van der Waals surface area contributed by atoms with Gasteiger partial charge in [0.25, 0.3) is 0 Å². The molecule has 1 saturated heterocycles. The van der Waals surface area contributed by atoms with Gasteiger partial charge in [0.2, 0.25) is 0 Å². The van der Waals surface area contributed by atoms with Crippen LogP contribution in [0.2, 0.25) is 0 Å². The van der Waals surface area contributed by atoms with E-state index >= 15 is 0 Å². The molecule has 0 spiro atoms. The second-order valence-electron chi connectivity index (χ2n) is 4.96. The Morgan fingerprint density at radius 3 is 2.90 bits per heavy atom. The van der Waals surface area contributed by atoms with Crippen LogP contribution < -0.4 is 5.32 Å². The predicted molar refractivity (Wildman–Crippen MR) is 73.1 cm³/mol. The van der Waals surface area contributed by atoms with Crippen molar-refractivity contribution in [1.29, 1.82) is 5.26 Å². The standard InChI is InChI=1S/C15H15FN4/c16-13-2-1-3-14(12(13)8-17)20-10-19-9-15(20)11-4-6-18-7-5-11/h1-3,9-11,18H,4-7H2. The first-order chi connectivity index (χ1) is 9.81. The van der Waals surface area contributed by atoms with Crippen molar-refractivity contribution in [3.63, 3.8) is 0 Å². The maximum Gasteiger partial charge on any atom is 0.143 e. The number of aromatic nitrogens is 2. The van der Waals surface area contributed by atoms with Crippen molar-refractivity contribution in [1.82, 2.24) is 14.9 Å². The normalized spacial score (nSPS) is 16.0. The van der Waals surface area contributed by atoms with Gasteiger partial charge in [0, 0.05) is 17.8 Å². The molecule has 102 valence electrons. The van der Waals surface area contributed by atoms with E-state index in [1.165, 1.54) is 6.07 Å². The summed E-state index contributed by atoms with van der Waals surface area (Å²) in [6.45, 7) is 1.95. The maximum absolute atomic E-state index is 13.8. The largest absolute Gasteiger partial charge is 0.317 e. The molecular formula is C15H15FN4. The fourth-order valence-corrected chi connectivity index (χ4v) is 2.75. The van der Waals surface area contributed by atoms with E-state index in [2.05, 4.69) is 10.3 Å². The third-order valence-corrected chi connectivity index (χ3v) is 3.79. The van der Waals surface area contributed by atoms with E-state index in [0.29, 0.717) is 11.6 Å². The average molecular weight is 270 g/mol. The summed E-state index contributed by atoms with van der Waals surface area (Å²) in [6.07, 6.45) is 5.54. The summed E-state index contributed by atoms with van der Waals surface area (Å²) in [5.41, 5.74) is 1.69. The summed E-state index contributed by atoms with van der Waals surface area (Å²) in [7, 11) is 0. The van der Waals surface area contributed by atoms with Gasteiger partial charge in [0.15, 0.2) is 0 Å². The second-order valence-corrected chi connectivity index (χ2v) is 4.96. The van der Waals surface area contributed by atoms with E-state index < -0.39 is 5.82 Å². The zero-order valence-electron chi connectivity index (χ0n) is 11.0. The molecule has 3 rings (SSSR count). The molecule has 2 heterocycles. The van der Waals surface area contributed by atoms with Crippen LogP contribution >= 0.6 is 0 Å². The highest BCUT2D eigenvalue weighted by Crippen LogP contribution is 2.28. The van der Waals surface area contributed by atoms with E-state index in [-0.39, 0.29) is 5.56 Å². The minimum absolute atomic E-state index is 0.0701. The molecule has 1 fully saturated rings. The van der Waals surface area contributed by atoms with E-state index in [4.69, 9.17) is 5.26 Å². The summed E-state index contributed by atoms with van der Waals surface area (Å²) in [5.74, 6) is -0.0940. The number of imidazole rings is 1. The van der Waals surface area contributed by atoms with Crippen molar-refractivity contribution in [3.8, 4) is 11.8 Å². The molecule has 0 saturated carbocycles. The summed E-state index contributed by atoms with van der Waals surface area (Å²) in [5, 5.41) is 12.5. The van der Waals surface area contributed by atoms with Gasteiger partial charge in [-0.3, -0.25) is 0 Å². The maximum atomic E-state index is 13.8. The Morgan fingerprint density at radius 1 is 1.35 bits per heavy atom. The molecule has 2 aromatic rings. The number of nitriles is 1. The van der Waals surface area contributed by atoms with Gasteiger partial charge < -0.3 is 9.88 Å². The van der Waals surface area contributed by atoms with E-state index in [0.717, 1.165) is 31.6 Å². The van der Waals surface area contributed by atoms with Crippen LogP contribution in [0.5, 0.6) is 0 Å². The number of nitrogens with one attached hydrogen (secondary N) is 1. The molecule has 0 radical (unpaired) electrons. The number of hydrogen-bond acceptors (Lipinski definition) is 3. The Kier molecular flexibility index (Phi) is 3.48. The lowest BCUT2D eigenvalue weighted by molar-refractivity contribution is 0.449. The van der Waals surface area contributed by atoms with E-state index in [1.807, 2.05) is 16.8 Å². The Labute approximate surface area is 116 Å². The van der Waals surface area contributed by atoms with Gasteiger partial charge in [0.1, 0.15) is 17.4 Å². The number of piperidine rings is 1. The van der Waals surface area contributed by atoms with Crippen LogP contribution in [0.15, 0.2) is 30.7 Å². The van der Waals surface area contributed by atoms with Crippen molar-refractivity contribution in [3.05, 3.63) is 47.8 Å². The lowest BCUT2D eigenvalue weighted by Crippen LogP contribution is -2.27. The fraction of sp³-hybridized carbons (Fsp3) is 0.333. The van der Waals surface area contributed by atoms with Crippen molar-refractivity contribution >= 4 is 0 Å². The molecule has 0 aliphatic carbocycles. The quantitative estimate of drug-likeness (QED) is 0.911. The SMILES string of the molecule is N#Cc1c(F)cccc1-n1cncc1C1CCNCC1. The van der Waals surface area contributed by atoms with E-state index in [1.54, 1.807) is 18.5 Å². The molecule has 0 atom stereocenters. The highest BCUT2D eigenvalue weighted by molar-refractivity contribution is 5.50. The Hall–Kier alpha value is -2.19. The number of rotatable bonds is 2. The van der Waals surface area contributed by atoms with Gasteiger partial charge >= 0.3 is 0 Å². The van der Waals surface area contributed by atoms with Crippen LogP contribution in [0.1, 0.15) is 30.0 Å². The molecule has 1 aromatic carbocycles. The minimum atomic E-state index is -0.491. The highest BCUT2D eigenvalue weighted by atomic mass is 19.1. The molecule has 0 unspecified atom stereocenters. The van der Waals surface area contributed by atoms with Gasteiger partial charge in [0.05, 0.1) is 12.0 Å². The van der Waals surface area contributed by atoms with Crippen LogP contribution in [0.3, 0.4) is 0 Å². The molecule has 1 aromatic heterocycles. The average Bonchev–Trinajstić information content (AvgIpc) is 2.97. The van der Waals surface area contributed by atoms with Crippen LogP contribution in [-0.2, 0) is 0 Å². The van der Waals surface area contributed by atoms with Gasteiger partial charge in [-0.2, -0.15) is 5.26 Å². The predicted octanol–water partition coefficient (Wildman–Crippen LogP) is 2.35. The Balaban J connectivity index is 2.06. The third-order valence-electron chi connectivity index (χ3n) is 3.79. The molecule has 1 N–H and O–H groups in total. The zero-order valence-corrected chi connectivity index (χ0v) is 11.0. The van der Waals surface area contributed by atoms with E-state index in [9.17, 15) is 4.39 Å². The Bertz CT molecular complexity index is 650. The molecule has 1 aliphatic rings. The summed E-state index contributed by atoms with van der Waals surface area (Å²) >= 11 is 0. The second kappa shape index (κ2) is 5.43. The smallest absolute Gasteiger partial charge is 0.143 e. The fourth-order valence-electron chi connectivity index (χ4n) is 2.75. The van der Waals surface area contributed by atoms with Crippen molar-refractivity contribution in [2.75, 3.05) is 13.1 Å². The Morgan fingerprint density at radius 2 is 2.15 bits per heavy atom. The van der Waals surface area contributed by atoms with Gasteiger partial charge in [-0.05, 0) is 38.1 Å². The first-order valence-electron chi connectivity index (χ1n) is 6.73. The van der Waals surface area contributed by atoms with Crippen molar-refractivity contribution in [2.45, 2.75) is 18.8 Å². The van der Waals surface area contributed by atoms with Crippen LogP contribution in [0.4, 0.5) is 4.39 Å². The molecular weight excluding hydrogens is 255 g/mol. The topological polar surface area (TPSA) is 53.6 Å². The first-order valence-corrected chi connectivity index (χ1v) is 6.73. The molecule has 4 nitrogen and oxygen atoms in total. The van der Waals surface area contributed by atoms with Crippen LogP contribution in [0, 0.1) is 17.1 Å². The highest BCUT2D eigenvalue weighted by Gasteiger charge is 2.21. The summed E-state index contributed by atoms with van der Waals surface area (Å²) in [4.78, 5) is 4.19. The molecule has 0 bridgehead atoms. The van der Waals surface area contributed by atoms with Gasteiger partial charge in [-0.15, -0.1) is 0 Å². The zero-order chi connectivity index (χ0) is 13.9. The molecule has 20 heavy (non-hydrogen) atoms. The number of hydrogen-bond donors (Lipinski definition) is 1. The number of nitrogens with zero attached hydrogens (tertiary/aromatic N) is 3. The monoisotopic (exact) mass is 270 g/mol. The first kappa shape index (κ1) is 12.8. The third kappa shape index (κ3) is 2.19. The summed E-state index contributed by atoms with van der Waals surface area (Å²) in [6, 6.07) is 6.64. The van der Waals surface area contributed by atoms with Crippen LogP contribution in [-0.4, -0.2) is 22.6 Å². The number of halogens is 1. The lowest BCUT2D eigenvalue weighted by atomic mass is 9.94. The summed E-state index contributed by atoms with van der Waals surface area (Å²) < 4.78 is 15.6.